The third-order valence-corrected chi connectivity index (χ3v) is 6.07. The summed E-state index contributed by atoms with van der Waals surface area (Å²) in [5.41, 5.74) is 2.51. The highest BCUT2D eigenvalue weighted by molar-refractivity contribution is 6.07. The third-order valence-electron chi connectivity index (χ3n) is 6.07. The quantitative estimate of drug-likeness (QED) is 0.777. The van der Waals surface area contributed by atoms with Gasteiger partial charge in [0.2, 0.25) is 5.91 Å². The van der Waals surface area contributed by atoms with Gasteiger partial charge in [0.1, 0.15) is 6.04 Å². The van der Waals surface area contributed by atoms with Crippen molar-refractivity contribution in [2.45, 2.75) is 31.7 Å². The predicted octanol–water partition coefficient (Wildman–Crippen LogP) is 1.47. The van der Waals surface area contributed by atoms with Gasteiger partial charge in [-0.25, -0.2) is 0 Å². The van der Waals surface area contributed by atoms with Gasteiger partial charge >= 0.3 is 0 Å². The van der Waals surface area contributed by atoms with E-state index in [9.17, 15) is 9.59 Å². The number of rotatable bonds is 5. The van der Waals surface area contributed by atoms with Crippen LogP contribution in [0.4, 0.5) is 11.4 Å². The van der Waals surface area contributed by atoms with Gasteiger partial charge in [-0.1, -0.05) is 0 Å². The van der Waals surface area contributed by atoms with Crippen molar-refractivity contribution in [3.8, 4) is 0 Å². The third kappa shape index (κ3) is 3.86. The summed E-state index contributed by atoms with van der Waals surface area (Å²) in [7, 11) is 1.82. The van der Waals surface area contributed by atoms with E-state index in [0.717, 1.165) is 76.5 Å². The highest BCUT2D eigenvalue weighted by Gasteiger charge is 2.37. The summed E-state index contributed by atoms with van der Waals surface area (Å²) in [6, 6.07) is 5.69. The van der Waals surface area contributed by atoms with Crippen LogP contribution in [0.5, 0.6) is 0 Å². The minimum Gasteiger partial charge on any atom is -0.379 e. The van der Waals surface area contributed by atoms with Crippen LogP contribution in [-0.2, 0) is 9.53 Å². The van der Waals surface area contributed by atoms with Gasteiger partial charge in [0.05, 0.1) is 24.6 Å². The zero-order valence-corrected chi connectivity index (χ0v) is 16.7. The lowest BCUT2D eigenvalue weighted by molar-refractivity contribution is -0.120. The van der Waals surface area contributed by atoms with Gasteiger partial charge in [-0.3, -0.25) is 14.5 Å². The maximum absolute atomic E-state index is 12.7. The summed E-state index contributed by atoms with van der Waals surface area (Å²) < 4.78 is 5.35. The number of benzene rings is 1. The van der Waals surface area contributed by atoms with Crippen molar-refractivity contribution in [2.75, 3.05) is 62.8 Å². The first-order chi connectivity index (χ1) is 13.6. The molecule has 2 amide bonds. The molecule has 0 radical (unpaired) electrons. The number of anilines is 2. The second-order valence-electron chi connectivity index (χ2n) is 7.87. The van der Waals surface area contributed by atoms with Gasteiger partial charge in [0, 0.05) is 38.8 Å². The Morgan fingerprint density at radius 2 is 2.00 bits per heavy atom. The Labute approximate surface area is 166 Å². The first-order valence-corrected chi connectivity index (χ1v) is 10.4. The molecule has 2 saturated heterocycles. The van der Waals surface area contributed by atoms with Crippen LogP contribution in [0.15, 0.2) is 18.2 Å². The number of fused-ring (bicyclic) bond motifs is 3. The molecular formula is C21H30N4O3. The molecule has 4 rings (SSSR count). The van der Waals surface area contributed by atoms with Crippen LogP contribution in [0, 0.1) is 0 Å². The molecular weight excluding hydrogens is 356 g/mol. The Morgan fingerprint density at radius 3 is 2.82 bits per heavy atom. The minimum atomic E-state index is -0.0774. The van der Waals surface area contributed by atoms with Crippen molar-refractivity contribution in [1.29, 1.82) is 0 Å². The van der Waals surface area contributed by atoms with Gasteiger partial charge in [0.15, 0.2) is 0 Å². The lowest BCUT2D eigenvalue weighted by Gasteiger charge is -2.44. The number of ether oxygens (including phenoxy) is 1. The SMILES string of the molecule is CN1C(=O)[C@@H]2CCCCN2c2ccc(C(=O)NCCCN3CCOCC3)cc21. The standard InChI is InChI=1S/C21H30N4O3/c1-23-19-15-16(20(26)22-8-4-9-24-11-13-28-14-12-24)6-7-17(19)25-10-3-2-5-18(25)21(23)27/h6-7,15,18H,2-5,8-14H2,1H3,(H,22,26)/t18-/m0/s1. The zero-order chi connectivity index (χ0) is 19.5. The van der Waals surface area contributed by atoms with E-state index in [4.69, 9.17) is 4.74 Å². The van der Waals surface area contributed by atoms with Crippen molar-refractivity contribution in [2.24, 2.45) is 0 Å². The molecule has 2 fully saturated rings. The number of carbonyl (C=O) groups is 2. The van der Waals surface area contributed by atoms with E-state index in [-0.39, 0.29) is 17.9 Å². The average Bonchev–Trinajstić information content (AvgIpc) is 2.75. The Bertz CT molecular complexity index is 732. The highest BCUT2D eigenvalue weighted by atomic mass is 16.5. The maximum atomic E-state index is 12.7. The Balaban J connectivity index is 1.38. The number of hydrogen-bond donors (Lipinski definition) is 1. The van der Waals surface area contributed by atoms with Gasteiger partial charge in [-0.15, -0.1) is 0 Å². The molecule has 7 heteroatoms. The summed E-state index contributed by atoms with van der Waals surface area (Å²) >= 11 is 0. The number of hydrogen-bond acceptors (Lipinski definition) is 5. The second kappa shape index (κ2) is 8.49. The number of nitrogens with one attached hydrogen (secondary N) is 1. The van der Waals surface area contributed by atoms with E-state index in [1.165, 1.54) is 0 Å². The van der Waals surface area contributed by atoms with Gasteiger partial charge < -0.3 is 19.9 Å². The molecule has 0 unspecified atom stereocenters. The lowest BCUT2D eigenvalue weighted by Crippen LogP contribution is -2.54. The summed E-state index contributed by atoms with van der Waals surface area (Å²) in [4.78, 5) is 31.6. The molecule has 0 aliphatic carbocycles. The van der Waals surface area contributed by atoms with Crippen LogP contribution >= 0.6 is 0 Å². The van der Waals surface area contributed by atoms with Gasteiger partial charge in [-0.2, -0.15) is 0 Å². The molecule has 28 heavy (non-hydrogen) atoms. The lowest BCUT2D eigenvalue weighted by atomic mass is 9.96. The van der Waals surface area contributed by atoms with Crippen LogP contribution in [-0.4, -0.2) is 75.7 Å². The van der Waals surface area contributed by atoms with Crippen molar-refractivity contribution < 1.29 is 14.3 Å². The Morgan fingerprint density at radius 1 is 1.18 bits per heavy atom. The van der Waals surface area contributed by atoms with E-state index < -0.39 is 0 Å². The molecule has 0 saturated carbocycles. The second-order valence-corrected chi connectivity index (χ2v) is 7.87. The Kier molecular flexibility index (Phi) is 5.82. The van der Waals surface area contributed by atoms with Gasteiger partial charge in [-0.05, 0) is 50.4 Å². The number of nitrogens with zero attached hydrogens (tertiary/aromatic N) is 3. The summed E-state index contributed by atoms with van der Waals surface area (Å²) in [5, 5.41) is 3.01. The van der Waals surface area contributed by atoms with Crippen molar-refractivity contribution in [1.82, 2.24) is 10.2 Å². The number of morpholine rings is 1. The fourth-order valence-corrected chi connectivity index (χ4v) is 4.43. The monoisotopic (exact) mass is 386 g/mol. The molecule has 3 aliphatic rings. The molecule has 0 aromatic heterocycles. The molecule has 0 spiro atoms. The molecule has 1 aromatic carbocycles. The smallest absolute Gasteiger partial charge is 0.251 e. The summed E-state index contributed by atoms with van der Waals surface area (Å²) in [6.07, 6.45) is 4.04. The summed E-state index contributed by atoms with van der Waals surface area (Å²) in [6.45, 7) is 6.06. The first kappa shape index (κ1) is 19.2. The van der Waals surface area contributed by atoms with Crippen LogP contribution in [0.2, 0.25) is 0 Å². The number of likely N-dealkylation sites (N-methyl/N-ethyl adjacent to an activating group) is 1. The van der Waals surface area contributed by atoms with E-state index in [1.807, 2.05) is 25.2 Å². The Hall–Kier alpha value is -2.12. The highest BCUT2D eigenvalue weighted by Crippen LogP contribution is 2.39. The van der Waals surface area contributed by atoms with Crippen molar-refractivity contribution in [3.05, 3.63) is 23.8 Å². The van der Waals surface area contributed by atoms with E-state index >= 15 is 0 Å². The number of piperidine rings is 1. The number of amides is 2. The molecule has 1 atom stereocenters. The van der Waals surface area contributed by atoms with Crippen molar-refractivity contribution >= 4 is 23.2 Å². The molecule has 1 N–H and O–H groups in total. The van der Waals surface area contributed by atoms with Crippen LogP contribution in [0.25, 0.3) is 0 Å². The maximum Gasteiger partial charge on any atom is 0.251 e. The summed E-state index contributed by atoms with van der Waals surface area (Å²) in [5.74, 6) is 0.0571. The van der Waals surface area contributed by atoms with Crippen LogP contribution < -0.4 is 15.1 Å². The number of carbonyl (C=O) groups excluding carboxylic acids is 2. The minimum absolute atomic E-state index is 0.0499. The molecule has 1 aromatic rings. The predicted molar refractivity (Wildman–Crippen MR) is 109 cm³/mol. The normalized spacial score (nSPS) is 22.6. The van der Waals surface area contributed by atoms with E-state index in [1.54, 1.807) is 4.90 Å². The molecule has 0 bridgehead atoms. The topological polar surface area (TPSA) is 65.1 Å². The molecule has 152 valence electrons. The van der Waals surface area contributed by atoms with Crippen LogP contribution in [0.1, 0.15) is 36.0 Å². The molecule has 7 nitrogen and oxygen atoms in total. The largest absolute Gasteiger partial charge is 0.379 e. The van der Waals surface area contributed by atoms with Crippen LogP contribution in [0.3, 0.4) is 0 Å². The fourth-order valence-electron chi connectivity index (χ4n) is 4.43. The van der Waals surface area contributed by atoms with Gasteiger partial charge in [0.25, 0.3) is 5.91 Å². The molecule has 3 heterocycles. The first-order valence-electron chi connectivity index (χ1n) is 10.4. The molecule has 3 aliphatic heterocycles. The van der Waals surface area contributed by atoms with E-state index in [2.05, 4.69) is 15.1 Å². The average molecular weight is 386 g/mol. The zero-order valence-electron chi connectivity index (χ0n) is 16.7. The van der Waals surface area contributed by atoms with Crippen molar-refractivity contribution in [3.63, 3.8) is 0 Å². The fraction of sp³-hybridized carbons (Fsp3) is 0.619. The van der Waals surface area contributed by atoms with E-state index in [0.29, 0.717) is 12.1 Å².